The molecule has 0 radical (unpaired) electrons. The van der Waals surface area contributed by atoms with Crippen molar-refractivity contribution in [2.24, 2.45) is 0 Å². The number of aromatic nitrogens is 1. The Morgan fingerprint density at radius 2 is 1.61 bits per heavy atom. The van der Waals surface area contributed by atoms with Gasteiger partial charge < -0.3 is 5.11 Å². The van der Waals surface area contributed by atoms with Crippen molar-refractivity contribution in [1.29, 1.82) is 0 Å². The van der Waals surface area contributed by atoms with Gasteiger partial charge in [0.05, 0.1) is 27.4 Å². The number of nitrogens with zero attached hydrogens (tertiary/aromatic N) is 1. The van der Waals surface area contributed by atoms with Gasteiger partial charge in [-0.15, -0.1) is 0 Å². The smallest absolute Gasteiger partial charge is 0.135 e. The average Bonchev–Trinajstić information content (AvgIpc) is 2.33. The molecule has 0 bridgehead atoms. The van der Waals surface area contributed by atoms with Crippen LogP contribution in [0, 0.1) is 0 Å². The molecule has 18 heavy (non-hydrogen) atoms. The van der Waals surface area contributed by atoms with Gasteiger partial charge in [0.1, 0.15) is 5.15 Å². The lowest BCUT2D eigenvalue weighted by Gasteiger charge is -2.08. The summed E-state index contributed by atoms with van der Waals surface area (Å²) in [4.78, 5) is 4.17. The van der Waals surface area contributed by atoms with Crippen LogP contribution in [0.15, 0.2) is 24.3 Å². The van der Waals surface area contributed by atoms with E-state index in [2.05, 4.69) is 4.98 Å². The van der Waals surface area contributed by atoms with E-state index in [1.807, 2.05) is 0 Å². The molecular weight excluding hydrogens is 316 g/mol. The number of halogens is 4. The first kappa shape index (κ1) is 13.9. The van der Waals surface area contributed by atoms with Gasteiger partial charge in [-0.25, -0.2) is 4.98 Å². The number of pyridine rings is 1. The van der Waals surface area contributed by atoms with Gasteiger partial charge in [-0.1, -0.05) is 52.5 Å². The van der Waals surface area contributed by atoms with Crippen LogP contribution in [-0.2, 0) is 6.61 Å². The van der Waals surface area contributed by atoms with Crippen LogP contribution in [0.25, 0.3) is 11.3 Å². The molecule has 0 spiro atoms. The van der Waals surface area contributed by atoms with Crippen molar-refractivity contribution >= 4 is 46.4 Å². The van der Waals surface area contributed by atoms with E-state index >= 15 is 0 Å². The van der Waals surface area contributed by atoms with Crippen LogP contribution in [0.4, 0.5) is 0 Å². The summed E-state index contributed by atoms with van der Waals surface area (Å²) in [6.07, 6.45) is 0. The molecule has 2 aromatic rings. The lowest BCUT2D eigenvalue weighted by Crippen LogP contribution is -1.91. The molecule has 94 valence electrons. The molecule has 0 atom stereocenters. The first-order valence-corrected chi connectivity index (χ1v) is 6.45. The molecule has 0 amide bonds. The van der Waals surface area contributed by atoms with Crippen LogP contribution in [0.5, 0.6) is 0 Å². The zero-order chi connectivity index (χ0) is 13.3. The van der Waals surface area contributed by atoms with Gasteiger partial charge in [0.25, 0.3) is 0 Å². The van der Waals surface area contributed by atoms with E-state index in [4.69, 9.17) is 51.5 Å². The van der Waals surface area contributed by atoms with Crippen molar-refractivity contribution in [3.8, 4) is 11.3 Å². The molecule has 0 aliphatic heterocycles. The van der Waals surface area contributed by atoms with E-state index in [9.17, 15) is 0 Å². The minimum Gasteiger partial charge on any atom is -0.392 e. The molecule has 2 nitrogen and oxygen atoms in total. The van der Waals surface area contributed by atoms with Gasteiger partial charge in [-0.3, -0.25) is 0 Å². The fourth-order valence-corrected chi connectivity index (χ4v) is 2.31. The van der Waals surface area contributed by atoms with Crippen LogP contribution in [0.1, 0.15) is 5.56 Å². The number of aliphatic hydroxyl groups excluding tert-OH is 1. The van der Waals surface area contributed by atoms with Gasteiger partial charge in [0.2, 0.25) is 0 Å². The molecule has 0 aliphatic rings. The van der Waals surface area contributed by atoms with Gasteiger partial charge >= 0.3 is 0 Å². The van der Waals surface area contributed by atoms with Gasteiger partial charge in [-0.2, -0.15) is 0 Å². The molecule has 0 aliphatic carbocycles. The largest absolute Gasteiger partial charge is 0.392 e. The summed E-state index contributed by atoms with van der Waals surface area (Å²) in [6.45, 7) is -0.165. The highest BCUT2D eigenvalue weighted by Crippen LogP contribution is 2.35. The Kier molecular flexibility index (Phi) is 4.36. The predicted molar refractivity (Wildman–Crippen MR) is 75.6 cm³/mol. The Bertz CT molecular complexity index is 601. The molecular formula is C12H7Cl4NO. The van der Waals surface area contributed by atoms with E-state index < -0.39 is 0 Å². The van der Waals surface area contributed by atoms with E-state index in [0.29, 0.717) is 31.9 Å². The summed E-state index contributed by atoms with van der Waals surface area (Å²) in [7, 11) is 0. The third kappa shape index (κ3) is 2.73. The van der Waals surface area contributed by atoms with Crippen LogP contribution in [0.2, 0.25) is 20.2 Å². The summed E-state index contributed by atoms with van der Waals surface area (Å²) in [5.41, 5.74) is 1.76. The Morgan fingerprint density at radius 3 is 2.22 bits per heavy atom. The van der Waals surface area contributed by atoms with Crippen molar-refractivity contribution in [3.05, 3.63) is 50.0 Å². The summed E-state index contributed by atoms with van der Waals surface area (Å²) >= 11 is 23.8. The maximum atomic E-state index is 9.03. The highest BCUT2D eigenvalue weighted by molar-refractivity contribution is 6.44. The summed E-state index contributed by atoms with van der Waals surface area (Å²) < 4.78 is 0. The maximum absolute atomic E-state index is 9.03. The van der Waals surface area contributed by atoms with E-state index in [1.54, 1.807) is 24.3 Å². The van der Waals surface area contributed by atoms with E-state index in [-0.39, 0.29) is 11.8 Å². The molecule has 0 saturated heterocycles. The molecule has 0 saturated carbocycles. The zero-order valence-corrected chi connectivity index (χ0v) is 11.9. The summed E-state index contributed by atoms with van der Waals surface area (Å²) in [6, 6.07) is 6.58. The van der Waals surface area contributed by atoms with Crippen molar-refractivity contribution in [1.82, 2.24) is 4.98 Å². The summed E-state index contributed by atoms with van der Waals surface area (Å²) in [5.74, 6) is 0. The number of hydrogen-bond acceptors (Lipinski definition) is 2. The number of benzene rings is 1. The molecule has 0 fully saturated rings. The van der Waals surface area contributed by atoms with Crippen molar-refractivity contribution in [2.75, 3.05) is 0 Å². The fourth-order valence-electron chi connectivity index (χ4n) is 1.45. The number of rotatable bonds is 2. The van der Waals surface area contributed by atoms with Gasteiger partial charge in [0.15, 0.2) is 0 Å². The second-order valence-electron chi connectivity index (χ2n) is 3.55. The van der Waals surface area contributed by atoms with Crippen molar-refractivity contribution in [2.45, 2.75) is 6.61 Å². The Hall–Kier alpha value is -0.510. The minimum atomic E-state index is -0.165. The maximum Gasteiger partial charge on any atom is 0.135 e. The van der Waals surface area contributed by atoms with Crippen LogP contribution in [-0.4, -0.2) is 10.1 Å². The van der Waals surface area contributed by atoms with Gasteiger partial charge in [-0.05, 0) is 18.2 Å². The van der Waals surface area contributed by atoms with E-state index in [0.717, 1.165) is 0 Å². The van der Waals surface area contributed by atoms with Crippen LogP contribution < -0.4 is 0 Å². The van der Waals surface area contributed by atoms with Crippen LogP contribution >= 0.6 is 46.4 Å². The molecule has 1 N–H and O–H groups in total. The standard InChI is InChI=1S/C12H7Cl4NO/c13-8-4-10(15)9(14)3-7(8)11-2-1-6(5-18)12(16)17-11/h1-4,18H,5H2. The third-order valence-electron chi connectivity index (χ3n) is 2.38. The van der Waals surface area contributed by atoms with Crippen LogP contribution in [0.3, 0.4) is 0 Å². The molecule has 1 aromatic carbocycles. The first-order chi connectivity index (χ1) is 8.52. The normalized spacial score (nSPS) is 10.7. The molecule has 1 heterocycles. The molecule has 1 aromatic heterocycles. The average molecular weight is 323 g/mol. The van der Waals surface area contributed by atoms with Crippen molar-refractivity contribution < 1.29 is 5.11 Å². The molecule has 2 rings (SSSR count). The fraction of sp³-hybridized carbons (Fsp3) is 0.0833. The zero-order valence-electron chi connectivity index (χ0n) is 8.92. The lowest BCUT2D eigenvalue weighted by molar-refractivity contribution is 0.281. The number of aliphatic hydroxyl groups is 1. The predicted octanol–water partition coefficient (Wildman–Crippen LogP) is 4.85. The lowest BCUT2D eigenvalue weighted by atomic mass is 10.1. The second-order valence-corrected chi connectivity index (χ2v) is 5.13. The Morgan fingerprint density at radius 1 is 0.944 bits per heavy atom. The highest BCUT2D eigenvalue weighted by Gasteiger charge is 2.11. The quantitative estimate of drug-likeness (QED) is 0.633. The molecule has 6 heteroatoms. The van der Waals surface area contributed by atoms with Crippen molar-refractivity contribution in [3.63, 3.8) is 0 Å². The minimum absolute atomic E-state index is 0.165. The monoisotopic (exact) mass is 321 g/mol. The van der Waals surface area contributed by atoms with E-state index in [1.165, 1.54) is 0 Å². The second kappa shape index (κ2) is 5.64. The third-order valence-corrected chi connectivity index (χ3v) is 3.74. The SMILES string of the molecule is OCc1ccc(-c2cc(Cl)c(Cl)cc2Cl)nc1Cl. The van der Waals surface area contributed by atoms with Gasteiger partial charge in [0, 0.05) is 11.1 Å². The first-order valence-electron chi connectivity index (χ1n) is 4.94. The Labute approximate surface area is 124 Å². The Balaban J connectivity index is 2.55. The topological polar surface area (TPSA) is 33.1 Å². The summed E-state index contributed by atoms with van der Waals surface area (Å²) in [5, 5.41) is 10.5. The molecule has 0 unspecified atom stereocenters. The highest BCUT2D eigenvalue weighted by atomic mass is 35.5. The number of hydrogen-bond donors (Lipinski definition) is 1.